The van der Waals surface area contributed by atoms with Crippen molar-refractivity contribution < 1.29 is 4.79 Å². The molecule has 0 aliphatic heterocycles. The van der Waals surface area contributed by atoms with E-state index >= 15 is 0 Å². The van der Waals surface area contributed by atoms with Crippen molar-refractivity contribution >= 4 is 17.1 Å². The Morgan fingerprint density at radius 1 is 1.36 bits per heavy atom. The predicted molar refractivity (Wildman–Crippen MR) is 56.5 cm³/mol. The van der Waals surface area contributed by atoms with E-state index in [1.807, 2.05) is 24.4 Å². The number of aromatic nitrogens is 1. The van der Waals surface area contributed by atoms with Crippen molar-refractivity contribution in [3.63, 3.8) is 0 Å². The average molecular weight is 185 g/mol. The predicted octanol–water partition coefficient (Wildman–Crippen LogP) is 2.61. The third kappa shape index (κ3) is 1.39. The highest BCUT2D eigenvalue weighted by Gasteiger charge is 2.00. The molecule has 0 fully saturated rings. The minimum absolute atomic E-state index is 0.701. The Labute approximate surface area is 82.6 Å². The molecule has 1 heterocycles. The van der Waals surface area contributed by atoms with Crippen molar-refractivity contribution in [1.82, 2.24) is 4.98 Å². The highest BCUT2D eigenvalue weighted by atomic mass is 16.1. The Balaban J connectivity index is 2.73. The lowest BCUT2D eigenvalue weighted by Crippen LogP contribution is -1.87. The fraction of sp³-hybridized carbons (Fsp3) is 0.167. The molecule has 0 atom stereocenters. The first-order valence-corrected chi connectivity index (χ1v) is 4.67. The number of carbonyl (C=O) groups excluding carboxylic acids is 1. The second-order valence-electron chi connectivity index (χ2n) is 3.25. The van der Waals surface area contributed by atoms with Crippen molar-refractivity contribution in [3.05, 3.63) is 41.7 Å². The van der Waals surface area contributed by atoms with Crippen LogP contribution in [-0.2, 0) is 6.42 Å². The van der Waals surface area contributed by atoms with Crippen molar-refractivity contribution in [3.8, 4) is 0 Å². The fourth-order valence-electron chi connectivity index (χ4n) is 1.61. The molecule has 0 aliphatic carbocycles. The molecular formula is C12H11NO. The topological polar surface area (TPSA) is 30.0 Å². The SMILES string of the molecule is CCc1cncc2cc(C=O)ccc12. The largest absolute Gasteiger partial charge is 0.298 e. The lowest BCUT2D eigenvalue weighted by Gasteiger charge is -2.03. The van der Waals surface area contributed by atoms with E-state index in [0.717, 1.165) is 18.1 Å². The van der Waals surface area contributed by atoms with Gasteiger partial charge >= 0.3 is 0 Å². The maximum absolute atomic E-state index is 10.6. The Kier molecular flexibility index (Phi) is 2.27. The van der Waals surface area contributed by atoms with Crippen LogP contribution in [0.5, 0.6) is 0 Å². The summed E-state index contributed by atoms with van der Waals surface area (Å²) in [6.07, 6.45) is 5.49. The maximum atomic E-state index is 10.6. The zero-order chi connectivity index (χ0) is 9.97. The van der Waals surface area contributed by atoms with E-state index in [1.165, 1.54) is 10.9 Å². The number of aryl methyl sites for hydroxylation is 1. The van der Waals surface area contributed by atoms with Gasteiger partial charge in [0.05, 0.1) is 0 Å². The van der Waals surface area contributed by atoms with Gasteiger partial charge in [-0.25, -0.2) is 0 Å². The fourth-order valence-corrected chi connectivity index (χ4v) is 1.61. The summed E-state index contributed by atoms with van der Waals surface area (Å²) in [5.41, 5.74) is 1.92. The molecule has 1 aromatic heterocycles. The van der Waals surface area contributed by atoms with E-state index in [1.54, 1.807) is 6.20 Å². The molecule has 0 bridgehead atoms. The summed E-state index contributed by atoms with van der Waals surface area (Å²) >= 11 is 0. The van der Waals surface area contributed by atoms with Crippen LogP contribution in [0.3, 0.4) is 0 Å². The summed E-state index contributed by atoms with van der Waals surface area (Å²) in [6, 6.07) is 5.70. The lowest BCUT2D eigenvalue weighted by atomic mass is 10.0. The molecule has 2 aromatic rings. The molecule has 0 radical (unpaired) electrons. The van der Waals surface area contributed by atoms with Gasteiger partial charge in [-0.05, 0) is 23.4 Å². The monoisotopic (exact) mass is 185 g/mol. The zero-order valence-electron chi connectivity index (χ0n) is 8.03. The number of hydrogen-bond acceptors (Lipinski definition) is 2. The molecule has 2 nitrogen and oxygen atoms in total. The van der Waals surface area contributed by atoms with Gasteiger partial charge in [-0.3, -0.25) is 9.78 Å². The van der Waals surface area contributed by atoms with Crippen LogP contribution in [0.15, 0.2) is 30.6 Å². The van der Waals surface area contributed by atoms with Gasteiger partial charge in [-0.1, -0.05) is 19.1 Å². The van der Waals surface area contributed by atoms with Crippen LogP contribution in [0.25, 0.3) is 10.8 Å². The highest BCUT2D eigenvalue weighted by molar-refractivity contribution is 5.90. The van der Waals surface area contributed by atoms with Crippen LogP contribution in [0.2, 0.25) is 0 Å². The van der Waals surface area contributed by atoms with Gasteiger partial charge in [-0.2, -0.15) is 0 Å². The van der Waals surface area contributed by atoms with Gasteiger partial charge in [0.25, 0.3) is 0 Å². The molecule has 0 saturated carbocycles. The molecule has 0 saturated heterocycles. The van der Waals surface area contributed by atoms with Crippen LogP contribution in [0.4, 0.5) is 0 Å². The number of hydrogen-bond donors (Lipinski definition) is 0. The molecule has 2 heteroatoms. The van der Waals surface area contributed by atoms with Gasteiger partial charge in [0.15, 0.2) is 0 Å². The Hall–Kier alpha value is -1.70. The van der Waals surface area contributed by atoms with Gasteiger partial charge in [-0.15, -0.1) is 0 Å². The zero-order valence-corrected chi connectivity index (χ0v) is 8.03. The Bertz CT molecular complexity index is 477. The van der Waals surface area contributed by atoms with Crippen molar-refractivity contribution in [2.45, 2.75) is 13.3 Å². The summed E-state index contributed by atoms with van der Waals surface area (Å²) in [5.74, 6) is 0. The average Bonchev–Trinajstić information content (AvgIpc) is 2.27. The number of fused-ring (bicyclic) bond motifs is 1. The van der Waals surface area contributed by atoms with E-state index in [-0.39, 0.29) is 0 Å². The van der Waals surface area contributed by atoms with Crippen molar-refractivity contribution in [2.75, 3.05) is 0 Å². The third-order valence-corrected chi connectivity index (χ3v) is 2.38. The number of carbonyl (C=O) groups is 1. The number of aldehydes is 1. The normalized spacial score (nSPS) is 10.4. The van der Waals surface area contributed by atoms with E-state index < -0.39 is 0 Å². The summed E-state index contributed by atoms with van der Waals surface area (Å²) in [6.45, 7) is 2.10. The summed E-state index contributed by atoms with van der Waals surface area (Å²) in [7, 11) is 0. The summed E-state index contributed by atoms with van der Waals surface area (Å²) < 4.78 is 0. The van der Waals surface area contributed by atoms with Crippen LogP contribution in [0.1, 0.15) is 22.8 Å². The van der Waals surface area contributed by atoms with E-state index in [0.29, 0.717) is 5.56 Å². The molecule has 1 aromatic carbocycles. The molecule has 0 N–H and O–H groups in total. The molecular weight excluding hydrogens is 174 g/mol. The Morgan fingerprint density at radius 3 is 2.93 bits per heavy atom. The van der Waals surface area contributed by atoms with Gasteiger partial charge in [0, 0.05) is 23.3 Å². The highest BCUT2D eigenvalue weighted by Crippen LogP contribution is 2.18. The molecule has 0 spiro atoms. The Morgan fingerprint density at radius 2 is 2.21 bits per heavy atom. The van der Waals surface area contributed by atoms with Gasteiger partial charge in [0.2, 0.25) is 0 Å². The van der Waals surface area contributed by atoms with Gasteiger partial charge < -0.3 is 0 Å². The first kappa shape index (κ1) is 8.88. The van der Waals surface area contributed by atoms with E-state index in [4.69, 9.17) is 0 Å². The number of pyridine rings is 1. The quantitative estimate of drug-likeness (QED) is 0.673. The van der Waals surface area contributed by atoms with E-state index in [2.05, 4.69) is 11.9 Å². The molecule has 70 valence electrons. The first-order chi connectivity index (χ1) is 6.85. The lowest BCUT2D eigenvalue weighted by molar-refractivity contribution is 0.112. The van der Waals surface area contributed by atoms with Crippen LogP contribution >= 0.6 is 0 Å². The smallest absolute Gasteiger partial charge is 0.150 e. The number of benzene rings is 1. The summed E-state index contributed by atoms with van der Waals surface area (Å²) in [5, 5.41) is 2.22. The van der Waals surface area contributed by atoms with Crippen LogP contribution < -0.4 is 0 Å². The molecule has 0 amide bonds. The minimum Gasteiger partial charge on any atom is -0.298 e. The third-order valence-electron chi connectivity index (χ3n) is 2.38. The molecule has 2 rings (SSSR count). The standard InChI is InChI=1S/C12H11NO/c1-2-10-6-13-7-11-5-9(8-14)3-4-12(10)11/h3-8H,2H2,1H3. The second kappa shape index (κ2) is 3.58. The van der Waals surface area contributed by atoms with E-state index in [9.17, 15) is 4.79 Å². The van der Waals surface area contributed by atoms with Crippen molar-refractivity contribution in [2.24, 2.45) is 0 Å². The van der Waals surface area contributed by atoms with Crippen LogP contribution in [0, 0.1) is 0 Å². The first-order valence-electron chi connectivity index (χ1n) is 4.67. The molecule has 0 unspecified atom stereocenters. The van der Waals surface area contributed by atoms with Crippen LogP contribution in [-0.4, -0.2) is 11.3 Å². The van der Waals surface area contributed by atoms with Crippen molar-refractivity contribution in [1.29, 1.82) is 0 Å². The minimum atomic E-state index is 0.701. The molecule has 0 aliphatic rings. The second-order valence-corrected chi connectivity index (χ2v) is 3.25. The number of rotatable bonds is 2. The summed E-state index contributed by atoms with van der Waals surface area (Å²) in [4.78, 5) is 14.7. The maximum Gasteiger partial charge on any atom is 0.150 e. The van der Waals surface area contributed by atoms with Gasteiger partial charge in [0.1, 0.15) is 6.29 Å². The number of nitrogens with zero attached hydrogens (tertiary/aromatic N) is 1. The molecule has 14 heavy (non-hydrogen) atoms.